The standard InChI is InChI=1S/2C5H9O.Y/c2*1-5(2,3)4-6;/h2*1-3H3;/q2*-1;. The molecule has 0 fully saturated rings. The largest absolute Gasteiger partial charge is 0.541 e. The van der Waals surface area contributed by atoms with E-state index >= 15 is 0 Å². The smallest absolute Gasteiger partial charge is 0 e. The van der Waals surface area contributed by atoms with Crippen LogP contribution in [0.2, 0.25) is 0 Å². The maximum atomic E-state index is 9.70. The summed E-state index contributed by atoms with van der Waals surface area (Å²) in [7, 11) is 0. The first-order chi connectivity index (χ1) is 5.12. The predicted octanol–water partition coefficient (Wildman–Crippen LogP) is 2.28. The minimum Gasteiger partial charge on any atom is -0.541 e. The van der Waals surface area contributed by atoms with E-state index in [0.717, 1.165) is 0 Å². The maximum absolute atomic E-state index is 9.70. The molecule has 0 saturated carbocycles. The Morgan fingerprint density at radius 1 is 0.692 bits per heavy atom. The van der Waals surface area contributed by atoms with Gasteiger partial charge in [-0.2, -0.15) is 0 Å². The second kappa shape index (κ2) is 7.81. The van der Waals surface area contributed by atoms with Crippen molar-refractivity contribution in [3.8, 4) is 0 Å². The van der Waals surface area contributed by atoms with Crippen LogP contribution >= 0.6 is 0 Å². The van der Waals surface area contributed by atoms with Crippen molar-refractivity contribution in [2.75, 3.05) is 0 Å². The normalized spacial score (nSPS) is 10.3. The quantitative estimate of drug-likeness (QED) is 0.625. The molecule has 0 saturated heterocycles. The third-order valence-electron chi connectivity index (χ3n) is 0.612. The monoisotopic (exact) mass is 259 g/mol. The van der Waals surface area contributed by atoms with Crippen molar-refractivity contribution < 1.29 is 42.3 Å². The molecule has 0 atom stereocenters. The van der Waals surface area contributed by atoms with E-state index in [1.54, 1.807) is 0 Å². The fourth-order valence-corrected chi connectivity index (χ4v) is 0. The van der Waals surface area contributed by atoms with Crippen LogP contribution in [0.3, 0.4) is 0 Å². The fourth-order valence-electron chi connectivity index (χ4n) is 0. The summed E-state index contributed by atoms with van der Waals surface area (Å²) < 4.78 is 0. The summed E-state index contributed by atoms with van der Waals surface area (Å²) in [6.07, 6.45) is 3.71. The summed E-state index contributed by atoms with van der Waals surface area (Å²) >= 11 is 0. The van der Waals surface area contributed by atoms with Crippen LogP contribution in [0.5, 0.6) is 0 Å². The van der Waals surface area contributed by atoms with Crippen molar-refractivity contribution in [1.29, 1.82) is 0 Å². The number of rotatable bonds is 0. The average molecular weight is 259 g/mol. The first-order valence-corrected chi connectivity index (χ1v) is 3.91. The van der Waals surface area contributed by atoms with Crippen molar-refractivity contribution >= 4 is 12.6 Å². The summed E-state index contributed by atoms with van der Waals surface area (Å²) in [5.74, 6) is 0. The maximum Gasteiger partial charge on any atom is 0 e. The Morgan fingerprint density at radius 3 is 0.769 bits per heavy atom. The van der Waals surface area contributed by atoms with Crippen molar-refractivity contribution in [2.45, 2.75) is 41.5 Å². The second-order valence-corrected chi connectivity index (χ2v) is 4.70. The Morgan fingerprint density at radius 2 is 0.769 bits per heavy atom. The van der Waals surface area contributed by atoms with Crippen LogP contribution < -0.4 is 0 Å². The molecule has 0 bridgehead atoms. The van der Waals surface area contributed by atoms with E-state index in [4.69, 9.17) is 0 Å². The molecular weight excluding hydrogens is 241 g/mol. The van der Waals surface area contributed by atoms with Gasteiger partial charge in [0.05, 0.1) is 0 Å². The Labute approximate surface area is 107 Å². The van der Waals surface area contributed by atoms with Gasteiger partial charge in [-0.05, 0) is 0 Å². The van der Waals surface area contributed by atoms with Crippen molar-refractivity contribution in [3.63, 3.8) is 0 Å². The molecule has 0 rings (SSSR count). The van der Waals surface area contributed by atoms with Crippen LogP contribution in [-0.2, 0) is 42.3 Å². The van der Waals surface area contributed by atoms with Gasteiger partial charge in [0.1, 0.15) is 0 Å². The molecule has 3 heteroatoms. The zero-order valence-electron chi connectivity index (χ0n) is 9.39. The Bertz CT molecular complexity index is 122. The van der Waals surface area contributed by atoms with Gasteiger partial charge in [0.15, 0.2) is 0 Å². The molecule has 0 aliphatic carbocycles. The molecule has 0 spiro atoms. The van der Waals surface area contributed by atoms with Gasteiger partial charge in [-0.15, -0.1) is 10.8 Å². The molecule has 0 N–H and O–H groups in total. The minimum atomic E-state index is -0.264. The van der Waals surface area contributed by atoms with Gasteiger partial charge in [0, 0.05) is 32.7 Å². The zero-order valence-corrected chi connectivity index (χ0v) is 12.2. The molecule has 0 unspecified atom stereocenters. The van der Waals surface area contributed by atoms with E-state index in [2.05, 4.69) is 0 Å². The molecule has 0 aliphatic heterocycles. The van der Waals surface area contributed by atoms with Gasteiger partial charge in [0.2, 0.25) is 0 Å². The van der Waals surface area contributed by atoms with E-state index in [-0.39, 0.29) is 43.5 Å². The molecule has 0 aromatic heterocycles. The summed E-state index contributed by atoms with van der Waals surface area (Å²) in [5, 5.41) is 0. The number of hydrogen-bond donors (Lipinski definition) is 0. The molecule has 1 radical (unpaired) electrons. The van der Waals surface area contributed by atoms with E-state index in [0.29, 0.717) is 0 Å². The molecule has 0 aliphatic rings. The van der Waals surface area contributed by atoms with Crippen LogP contribution in [-0.4, -0.2) is 12.6 Å². The van der Waals surface area contributed by atoms with Gasteiger partial charge in [0.25, 0.3) is 0 Å². The topological polar surface area (TPSA) is 34.1 Å². The first-order valence-electron chi connectivity index (χ1n) is 3.91. The summed E-state index contributed by atoms with van der Waals surface area (Å²) in [5.41, 5.74) is -0.528. The molecule has 0 heterocycles. The molecular formula is C10H18O2Y-2. The molecule has 13 heavy (non-hydrogen) atoms. The zero-order chi connectivity index (χ0) is 10.4. The molecule has 0 aromatic carbocycles. The predicted molar refractivity (Wildman–Crippen MR) is 50.3 cm³/mol. The van der Waals surface area contributed by atoms with Crippen LogP contribution in [0.1, 0.15) is 41.5 Å². The van der Waals surface area contributed by atoms with Crippen LogP contribution in [0.4, 0.5) is 0 Å². The summed E-state index contributed by atoms with van der Waals surface area (Å²) in [6.45, 7) is 10.9. The molecule has 2 nitrogen and oxygen atoms in total. The van der Waals surface area contributed by atoms with Gasteiger partial charge in [-0.3, -0.25) is 12.6 Å². The van der Waals surface area contributed by atoms with E-state index < -0.39 is 0 Å². The minimum absolute atomic E-state index is 0. The van der Waals surface area contributed by atoms with E-state index in [1.165, 1.54) is 0 Å². The Kier molecular flexibility index (Phi) is 11.5. The van der Waals surface area contributed by atoms with Crippen LogP contribution in [0, 0.1) is 10.8 Å². The third-order valence-corrected chi connectivity index (χ3v) is 0.612. The third kappa shape index (κ3) is 32.7. The van der Waals surface area contributed by atoms with Crippen molar-refractivity contribution in [2.24, 2.45) is 10.8 Å². The van der Waals surface area contributed by atoms with Gasteiger partial charge in [-0.25, -0.2) is 0 Å². The van der Waals surface area contributed by atoms with Gasteiger partial charge < -0.3 is 9.59 Å². The molecule has 0 amide bonds. The summed E-state index contributed by atoms with van der Waals surface area (Å²) in [6, 6.07) is 0. The van der Waals surface area contributed by atoms with Gasteiger partial charge >= 0.3 is 0 Å². The van der Waals surface area contributed by atoms with Crippen molar-refractivity contribution in [3.05, 3.63) is 0 Å². The van der Waals surface area contributed by atoms with Gasteiger partial charge in [-0.1, -0.05) is 41.5 Å². The SMILES string of the molecule is CC(C)(C)[C-]=O.CC(C)(C)[C-]=O.[Y]. The Balaban J connectivity index is -0.000000143. The van der Waals surface area contributed by atoms with Crippen molar-refractivity contribution in [1.82, 2.24) is 0 Å². The second-order valence-electron chi connectivity index (χ2n) is 4.70. The Hall–Kier alpha value is 0.444. The van der Waals surface area contributed by atoms with Crippen LogP contribution in [0.15, 0.2) is 0 Å². The molecule has 75 valence electrons. The van der Waals surface area contributed by atoms with E-state index in [9.17, 15) is 9.59 Å². The number of carbonyl (C=O) groups excluding carboxylic acids is 2. The fraction of sp³-hybridized carbons (Fsp3) is 0.800. The average Bonchev–Trinajstić information content (AvgIpc) is 1.86. The first kappa shape index (κ1) is 19.1. The number of hydrogen-bond acceptors (Lipinski definition) is 2. The van der Waals surface area contributed by atoms with Crippen LogP contribution in [0.25, 0.3) is 0 Å². The summed E-state index contributed by atoms with van der Waals surface area (Å²) in [4.78, 5) is 19.4. The molecule has 0 aromatic rings. The van der Waals surface area contributed by atoms with E-state index in [1.807, 2.05) is 54.1 Å².